The second-order valence-electron chi connectivity index (χ2n) is 5.47. The van der Waals surface area contributed by atoms with Crippen molar-refractivity contribution >= 4 is 28.9 Å². The predicted molar refractivity (Wildman–Crippen MR) is 95.2 cm³/mol. The van der Waals surface area contributed by atoms with Crippen LogP contribution in [0.1, 0.15) is 20.7 Å². The Hall–Kier alpha value is -3.42. The number of rotatable bonds is 5. The fourth-order valence-corrected chi connectivity index (χ4v) is 2.24. The third-order valence-electron chi connectivity index (χ3n) is 3.55. The summed E-state index contributed by atoms with van der Waals surface area (Å²) >= 11 is 0. The number of carbonyl (C=O) groups is 2. The number of nitrogens with one attached hydrogen (secondary N) is 2. The molecule has 0 saturated heterocycles. The van der Waals surface area contributed by atoms with Crippen LogP contribution in [0.15, 0.2) is 42.5 Å². The number of nitrogens with zero attached hydrogens (tertiary/aromatic N) is 2. The lowest BCUT2D eigenvalue weighted by Gasteiger charge is -2.13. The van der Waals surface area contributed by atoms with Crippen LogP contribution < -0.4 is 15.5 Å². The Labute approximate surface area is 144 Å². The quantitative estimate of drug-likeness (QED) is 0.641. The summed E-state index contributed by atoms with van der Waals surface area (Å²) in [6, 6.07) is 10.6. The summed E-state index contributed by atoms with van der Waals surface area (Å²) in [5.41, 5.74) is 1.39. The van der Waals surface area contributed by atoms with E-state index < -0.39 is 10.8 Å². The van der Waals surface area contributed by atoms with Crippen LogP contribution in [0.2, 0.25) is 0 Å². The van der Waals surface area contributed by atoms with Crippen LogP contribution in [0.3, 0.4) is 0 Å². The molecule has 0 aliphatic rings. The lowest BCUT2D eigenvalue weighted by molar-refractivity contribution is -0.384. The Bertz CT molecular complexity index is 816. The minimum atomic E-state index is -0.524. The molecule has 0 radical (unpaired) electrons. The lowest BCUT2D eigenvalue weighted by Crippen LogP contribution is -2.18. The van der Waals surface area contributed by atoms with Gasteiger partial charge in [0.05, 0.1) is 4.92 Å². The maximum Gasteiger partial charge on any atom is 0.293 e. The SMILES string of the molecule is CNC(=O)c1ccc(NC(=O)c2ccc(N(C)C)c([N+](=O)[O-])c2)cc1. The molecular formula is C17H18N4O4. The van der Waals surface area contributed by atoms with Gasteiger partial charge in [-0.2, -0.15) is 0 Å². The molecule has 2 N–H and O–H groups in total. The fraction of sp³-hybridized carbons (Fsp3) is 0.176. The maximum absolute atomic E-state index is 12.3. The van der Waals surface area contributed by atoms with E-state index in [2.05, 4.69) is 10.6 Å². The molecule has 0 bridgehead atoms. The van der Waals surface area contributed by atoms with Crippen LogP contribution in [0.4, 0.5) is 17.1 Å². The van der Waals surface area contributed by atoms with Crippen molar-refractivity contribution in [2.24, 2.45) is 0 Å². The molecule has 0 spiro atoms. The first kappa shape index (κ1) is 17.9. The predicted octanol–water partition coefficient (Wildman–Crippen LogP) is 2.27. The van der Waals surface area contributed by atoms with Crippen molar-refractivity contribution in [2.75, 3.05) is 31.4 Å². The van der Waals surface area contributed by atoms with Crippen LogP contribution in [0, 0.1) is 10.1 Å². The van der Waals surface area contributed by atoms with Crippen molar-refractivity contribution in [1.29, 1.82) is 0 Å². The summed E-state index contributed by atoms with van der Waals surface area (Å²) < 4.78 is 0. The van der Waals surface area contributed by atoms with Crippen LogP contribution >= 0.6 is 0 Å². The summed E-state index contributed by atoms with van der Waals surface area (Å²) in [6.07, 6.45) is 0. The Morgan fingerprint density at radius 3 is 2.12 bits per heavy atom. The topological polar surface area (TPSA) is 105 Å². The first-order chi connectivity index (χ1) is 11.8. The van der Waals surface area contributed by atoms with E-state index in [1.54, 1.807) is 43.3 Å². The smallest absolute Gasteiger partial charge is 0.293 e. The Kier molecular flexibility index (Phi) is 5.33. The van der Waals surface area contributed by atoms with Crippen LogP contribution in [0.25, 0.3) is 0 Å². The van der Waals surface area contributed by atoms with E-state index in [1.807, 2.05) is 0 Å². The summed E-state index contributed by atoms with van der Waals surface area (Å²) in [4.78, 5) is 36.1. The van der Waals surface area contributed by atoms with E-state index in [1.165, 1.54) is 25.2 Å². The third-order valence-corrected chi connectivity index (χ3v) is 3.55. The summed E-state index contributed by atoms with van der Waals surface area (Å²) in [6.45, 7) is 0. The number of anilines is 2. The van der Waals surface area contributed by atoms with Gasteiger partial charge in [-0.25, -0.2) is 0 Å². The maximum atomic E-state index is 12.3. The van der Waals surface area contributed by atoms with Crippen molar-refractivity contribution in [2.45, 2.75) is 0 Å². The summed E-state index contributed by atoms with van der Waals surface area (Å²) in [5.74, 6) is -0.700. The van der Waals surface area contributed by atoms with E-state index in [0.29, 0.717) is 16.9 Å². The lowest BCUT2D eigenvalue weighted by atomic mass is 10.1. The van der Waals surface area contributed by atoms with Crippen molar-refractivity contribution in [3.05, 3.63) is 63.7 Å². The monoisotopic (exact) mass is 342 g/mol. The zero-order chi connectivity index (χ0) is 18.6. The molecule has 8 heteroatoms. The van der Waals surface area contributed by atoms with E-state index in [4.69, 9.17) is 0 Å². The highest BCUT2D eigenvalue weighted by Gasteiger charge is 2.19. The average molecular weight is 342 g/mol. The van der Waals surface area contributed by atoms with Crippen molar-refractivity contribution < 1.29 is 14.5 Å². The number of benzene rings is 2. The van der Waals surface area contributed by atoms with Crippen molar-refractivity contribution in [3.63, 3.8) is 0 Å². The molecule has 0 aromatic heterocycles. The largest absolute Gasteiger partial charge is 0.372 e. The second kappa shape index (κ2) is 7.43. The molecule has 2 amide bonds. The van der Waals surface area contributed by atoms with Gasteiger partial charge in [0.1, 0.15) is 5.69 Å². The number of carbonyl (C=O) groups excluding carboxylic acids is 2. The highest BCUT2D eigenvalue weighted by molar-refractivity contribution is 6.05. The number of amides is 2. The molecule has 0 heterocycles. The zero-order valence-corrected chi connectivity index (χ0v) is 14.1. The number of nitro groups is 1. The fourth-order valence-electron chi connectivity index (χ4n) is 2.24. The first-order valence-electron chi connectivity index (χ1n) is 7.42. The standard InChI is InChI=1S/C17H18N4O4/c1-18-16(22)11-4-7-13(8-5-11)19-17(23)12-6-9-14(20(2)3)15(10-12)21(24)25/h4-10H,1-3H3,(H,18,22)(H,19,23). The number of nitro benzene ring substituents is 1. The normalized spacial score (nSPS) is 10.0. The van der Waals surface area contributed by atoms with Gasteiger partial charge in [-0.3, -0.25) is 19.7 Å². The minimum Gasteiger partial charge on any atom is -0.372 e. The van der Waals surface area contributed by atoms with Crippen LogP contribution in [-0.2, 0) is 0 Å². The second-order valence-corrected chi connectivity index (χ2v) is 5.47. The highest BCUT2D eigenvalue weighted by atomic mass is 16.6. The van der Waals surface area contributed by atoms with Crippen molar-refractivity contribution in [3.8, 4) is 0 Å². The molecular weight excluding hydrogens is 324 g/mol. The highest BCUT2D eigenvalue weighted by Crippen LogP contribution is 2.28. The molecule has 2 aromatic rings. The molecule has 130 valence electrons. The summed E-state index contributed by atoms with van der Waals surface area (Å²) in [7, 11) is 4.91. The first-order valence-corrected chi connectivity index (χ1v) is 7.42. The van der Waals surface area contributed by atoms with E-state index >= 15 is 0 Å². The molecule has 0 fully saturated rings. The van der Waals surface area contributed by atoms with E-state index in [-0.39, 0.29) is 17.2 Å². The molecule has 0 saturated carbocycles. The van der Waals surface area contributed by atoms with E-state index in [9.17, 15) is 19.7 Å². The Morgan fingerprint density at radius 1 is 1.00 bits per heavy atom. The summed E-state index contributed by atoms with van der Waals surface area (Å²) in [5, 5.41) is 16.4. The molecule has 0 aliphatic carbocycles. The van der Waals surface area contributed by atoms with Crippen molar-refractivity contribution in [1.82, 2.24) is 5.32 Å². The molecule has 8 nitrogen and oxygen atoms in total. The minimum absolute atomic E-state index is 0.146. The zero-order valence-electron chi connectivity index (χ0n) is 14.1. The van der Waals surface area contributed by atoms with Gasteiger partial charge < -0.3 is 15.5 Å². The molecule has 2 aromatic carbocycles. The van der Waals surface area contributed by atoms with Crippen LogP contribution in [0.5, 0.6) is 0 Å². The molecule has 0 unspecified atom stereocenters. The van der Waals surface area contributed by atoms with Gasteiger partial charge >= 0.3 is 0 Å². The molecule has 0 aliphatic heterocycles. The van der Waals surface area contributed by atoms with Gasteiger partial charge in [0, 0.05) is 44.0 Å². The molecule has 25 heavy (non-hydrogen) atoms. The van der Waals surface area contributed by atoms with Gasteiger partial charge in [-0.1, -0.05) is 0 Å². The molecule has 2 rings (SSSR count). The number of hydrogen-bond acceptors (Lipinski definition) is 5. The van der Waals surface area contributed by atoms with Gasteiger partial charge in [0.25, 0.3) is 17.5 Å². The third kappa shape index (κ3) is 4.11. The van der Waals surface area contributed by atoms with Gasteiger partial charge in [0.15, 0.2) is 0 Å². The van der Waals surface area contributed by atoms with Gasteiger partial charge in [0.2, 0.25) is 0 Å². The van der Waals surface area contributed by atoms with Gasteiger partial charge in [-0.15, -0.1) is 0 Å². The van der Waals surface area contributed by atoms with E-state index in [0.717, 1.165) is 0 Å². The average Bonchev–Trinajstić information content (AvgIpc) is 2.60. The Balaban J connectivity index is 2.22. The Morgan fingerprint density at radius 2 is 1.60 bits per heavy atom. The van der Waals surface area contributed by atoms with Gasteiger partial charge in [-0.05, 0) is 36.4 Å². The molecule has 0 atom stereocenters. The van der Waals surface area contributed by atoms with Crippen LogP contribution in [-0.4, -0.2) is 37.9 Å². The number of hydrogen-bond donors (Lipinski definition) is 2.